The van der Waals surface area contributed by atoms with Gasteiger partial charge in [-0.2, -0.15) is 0 Å². The number of nitrogens with zero attached hydrogens (tertiary/aromatic N) is 2. The highest BCUT2D eigenvalue weighted by Crippen LogP contribution is 2.27. The number of rotatable bonds is 7. The van der Waals surface area contributed by atoms with Gasteiger partial charge in [0.1, 0.15) is 0 Å². The largest absolute Gasteiger partial charge is 0.330 e. The van der Waals surface area contributed by atoms with Crippen LogP contribution in [0.25, 0.3) is 0 Å². The molecule has 0 spiro atoms. The van der Waals surface area contributed by atoms with Gasteiger partial charge in [-0.3, -0.25) is 4.79 Å². The number of hydrogen-bond acceptors (Lipinski definition) is 8. The molecule has 0 saturated heterocycles. The highest BCUT2D eigenvalue weighted by atomic mass is 32.2. The summed E-state index contributed by atoms with van der Waals surface area (Å²) in [6.45, 7) is 0. The van der Waals surface area contributed by atoms with Crippen molar-refractivity contribution in [3.8, 4) is 0 Å². The summed E-state index contributed by atoms with van der Waals surface area (Å²) >= 11 is 2.65. The summed E-state index contributed by atoms with van der Waals surface area (Å²) in [5.41, 5.74) is 1.46. The Balaban J connectivity index is 1.51. The first-order valence-corrected chi connectivity index (χ1v) is 11.5. The third-order valence-electron chi connectivity index (χ3n) is 3.32. The number of anilines is 3. The summed E-state index contributed by atoms with van der Waals surface area (Å²) in [6.07, 6.45) is 1.14. The third-order valence-corrected chi connectivity index (χ3v) is 6.42. The predicted molar refractivity (Wildman–Crippen MR) is 109 cm³/mol. The number of para-hydroxylation sites is 1. The highest BCUT2D eigenvalue weighted by Gasteiger charge is 2.10. The van der Waals surface area contributed by atoms with Crippen molar-refractivity contribution in [1.82, 2.24) is 10.2 Å². The number of benzene rings is 2. The molecule has 3 rings (SSSR count). The van der Waals surface area contributed by atoms with Crippen LogP contribution in [0.3, 0.4) is 0 Å². The Kier molecular flexibility index (Phi) is 6.09. The van der Waals surface area contributed by atoms with E-state index < -0.39 is 9.84 Å². The summed E-state index contributed by atoms with van der Waals surface area (Å²) in [7, 11) is -3.25. The van der Waals surface area contributed by atoms with Gasteiger partial charge in [0.15, 0.2) is 14.2 Å². The Labute approximate surface area is 165 Å². The first-order valence-electron chi connectivity index (χ1n) is 7.78. The van der Waals surface area contributed by atoms with Gasteiger partial charge in [0.25, 0.3) is 0 Å². The second kappa shape index (κ2) is 8.51. The lowest BCUT2D eigenvalue weighted by Gasteiger charge is -2.05. The van der Waals surface area contributed by atoms with Gasteiger partial charge in [-0.1, -0.05) is 41.3 Å². The molecule has 7 nitrogen and oxygen atoms in total. The molecule has 0 unspecified atom stereocenters. The lowest BCUT2D eigenvalue weighted by atomic mass is 10.3. The Hall–Kier alpha value is -2.43. The molecule has 0 radical (unpaired) electrons. The maximum atomic E-state index is 12.1. The first kappa shape index (κ1) is 19.3. The van der Waals surface area contributed by atoms with E-state index in [9.17, 15) is 13.2 Å². The van der Waals surface area contributed by atoms with Gasteiger partial charge in [-0.15, -0.1) is 10.2 Å². The molecular formula is C17H16N4O3S3. The number of nitrogens with one attached hydrogen (secondary N) is 2. The molecule has 0 aliphatic heterocycles. The molecule has 140 valence electrons. The van der Waals surface area contributed by atoms with E-state index in [1.807, 2.05) is 30.3 Å². The molecule has 0 aliphatic rings. The van der Waals surface area contributed by atoms with Crippen molar-refractivity contribution < 1.29 is 13.2 Å². The lowest BCUT2D eigenvalue weighted by molar-refractivity contribution is -0.113. The molecule has 0 aliphatic carbocycles. The van der Waals surface area contributed by atoms with Crippen LogP contribution in [0, 0.1) is 0 Å². The Morgan fingerprint density at radius 3 is 2.41 bits per heavy atom. The minimum atomic E-state index is -3.25. The highest BCUT2D eigenvalue weighted by molar-refractivity contribution is 8.01. The van der Waals surface area contributed by atoms with Crippen LogP contribution in [0.15, 0.2) is 63.8 Å². The van der Waals surface area contributed by atoms with Crippen LogP contribution in [-0.4, -0.2) is 36.5 Å². The van der Waals surface area contributed by atoms with Crippen LogP contribution in [0.4, 0.5) is 16.5 Å². The van der Waals surface area contributed by atoms with E-state index in [1.54, 1.807) is 12.1 Å². The quantitative estimate of drug-likeness (QED) is 0.565. The van der Waals surface area contributed by atoms with Gasteiger partial charge < -0.3 is 10.6 Å². The fraction of sp³-hybridized carbons (Fsp3) is 0.118. The Morgan fingerprint density at radius 1 is 1.04 bits per heavy atom. The van der Waals surface area contributed by atoms with E-state index in [2.05, 4.69) is 20.8 Å². The molecule has 0 fully saturated rings. The number of carbonyl (C=O) groups is 1. The average molecular weight is 421 g/mol. The van der Waals surface area contributed by atoms with Crippen molar-refractivity contribution in [1.29, 1.82) is 0 Å². The van der Waals surface area contributed by atoms with Crippen molar-refractivity contribution >= 4 is 55.3 Å². The van der Waals surface area contributed by atoms with Crippen LogP contribution in [0.2, 0.25) is 0 Å². The van der Waals surface area contributed by atoms with E-state index in [1.165, 1.54) is 35.2 Å². The summed E-state index contributed by atoms with van der Waals surface area (Å²) in [4.78, 5) is 12.3. The van der Waals surface area contributed by atoms with E-state index in [4.69, 9.17) is 0 Å². The molecule has 27 heavy (non-hydrogen) atoms. The molecule has 0 atom stereocenters. The minimum absolute atomic E-state index is 0.174. The first-order chi connectivity index (χ1) is 12.9. The van der Waals surface area contributed by atoms with Crippen LogP contribution in [-0.2, 0) is 14.6 Å². The van der Waals surface area contributed by atoms with E-state index in [0.717, 1.165) is 11.9 Å². The summed E-state index contributed by atoms with van der Waals surface area (Å²) in [5, 5.41) is 14.6. The topological polar surface area (TPSA) is 101 Å². The zero-order valence-electron chi connectivity index (χ0n) is 14.2. The number of amides is 1. The standard InChI is InChI=1S/C17H16N4O3S3/c1-27(23,24)14-9-7-13(8-10-14)18-15(22)11-25-17-21-20-16(26-17)19-12-5-3-2-4-6-12/h2-10H,11H2,1H3,(H,18,22)(H,19,20). The van der Waals surface area contributed by atoms with Crippen molar-refractivity contribution in [3.63, 3.8) is 0 Å². The zero-order valence-corrected chi connectivity index (χ0v) is 16.7. The molecule has 0 bridgehead atoms. The number of hydrogen-bond donors (Lipinski definition) is 2. The molecule has 10 heteroatoms. The van der Waals surface area contributed by atoms with Gasteiger partial charge in [-0.05, 0) is 36.4 Å². The normalized spacial score (nSPS) is 11.1. The zero-order chi connectivity index (χ0) is 19.3. The smallest absolute Gasteiger partial charge is 0.234 e. The van der Waals surface area contributed by atoms with Crippen LogP contribution >= 0.6 is 23.1 Å². The minimum Gasteiger partial charge on any atom is -0.330 e. The number of thioether (sulfide) groups is 1. The van der Waals surface area contributed by atoms with Crippen molar-refractivity contribution in [2.75, 3.05) is 22.6 Å². The third kappa shape index (κ3) is 5.78. The Bertz CT molecular complexity index is 1020. The van der Waals surface area contributed by atoms with Crippen LogP contribution in [0.5, 0.6) is 0 Å². The second-order valence-corrected chi connectivity index (χ2v) is 9.71. The lowest BCUT2D eigenvalue weighted by Crippen LogP contribution is -2.14. The summed E-state index contributed by atoms with van der Waals surface area (Å²) in [5.74, 6) is -0.0340. The second-order valence-electron chi connectivity index (χ2n) is 5.50. The van der Waals surface area contributed by atoms with E-state index >= 15 is 0 Å². The van der Waals surface area contributed by atoms with Crippen LogP contribution < -0.4 is 10.6 Å². The molecule has 0 saturated carbocycles. The molecule has 1 heterocycles. The molecule has 1 aromatic heterocycles. The number of aromatic nitrogens is 2. The molecule has 3 aromatic rings. The monoisotopic (exact) mass is 420 g/mol. The van der Waals surface area contributed by atoms with E-state index in [0.29, 0.717) is 15.2 Å². The molecular weight excluding hydrogens is 404 g/mol. The van der Waals surface area contributed by atoms with Crippen LogP contribution in [0.1, 0.15) is 0 Å². The predicted octanol–water partition coefficient (Wildman–Crippen LogP) is 3.42. The molecule has 2 N–H and O–H groups in total. The maximum Gasteiger partial charge on any atom is 0.234 e. The maximum absolute atomic E-state index is 12.1. The summed E-state index contributed by atoms with van der Waals surface area (Å²) < 4.78 is 23.5. The molecule has 2 aromatic carbocycles. The van der Waals surface area contributed by atoms with Gasteiger partial charge in [0, 0.05) is 17.6 Å². The Morgan fingerprint density at radius 2 is 1.74 bits per heavy atom. The fourth-order valence-corrected chi connectivity index (χ4v) is 4.28. The van der Waals surface area contributed by atoms with Crippen molar-refractivity contribution in [3.05, 3.63) is 54.6 Å². The molecule has 1 amide bonds. The van der Waals surface area contributed by atoms with Gasteiger partial charge in [0.2, 0.25) is 11.0 Å². The SMILES string of the molecule is CS(=O)(=O)c1ccc(NC(=O)CSc2nnc(Nc3ccccc3)s2)cc1. The average Bonchev–Trinajstić information content (AvgIpc) is 3.08. The summed E-state index contributed by atoms with van der Waals surface area (Å²) in [6, 6.07) is 15.7. The number of sulfone groups is 1. The fourth-order valence-electron chi connectivity index (χ4n) is 2.07. The van der Waals surface area contributed by atoms with Gasteiger partial charge >= 0.3 is 0 Å². The van der Waals surface area contributed by atoms with Gasteiger partial charge in [-0.25, -0.2) is 8.42 Å². The van der Waals surface area contributed by atoms with Crippen molar-refractivity contribution in [2.24, 2.45) is 0 Å². The van der Waals surface area contributed by atoms with Crippen molar-refractivity contribution in [2.45, 2.75) is 9.24 Å². The van der Waals surface area contributed by atoms with Gasteiger partial charge in [0.05, 0.1) is 10.6 Å². The number of carbonyl (C=O) groups excluding carboxylic acids is 1. The van der Waals surface area contributed by atoms with E-state index in [-0.39, 0.29) is 16.6 Å².